The van der Waals surface area contributed by atoms with E-state index in [2.05, 4.69) is 12.2 Å². The van der Waals surface area contributed by atoms with Crippen LogP contribution < -0.4 is 9.64 Å². The second-order valence-electron chi connectivity index (χ2n) is 6.90. The Bertz CT molecular complexity index is 700. The van der Waals surface area contributed by atoms with Crippen LogP contribution in [0.25, 0.3) is 0 Å². The fourth-order valence-electron chi connectivity index (χ4n) is 5.13. The Morgan fingerprint density at radius 1 is 1.05 bits per heavy atom. The average Bonchev–Trinajstić information content (AvgIpc) is 3.13. The summed E-state index contributed by atoms with van der Waals surface area (Å²) in [6.07, 6.45) is 6.71. The zero-order valence-corrected chi connectivity index (χ0v) is 12.4. The Morgan fingerprint density at radius 2 is 1.64 bits per heavy atom. The molecule has 1 spiro atoms. The lowest BCUT2D eigenvalue weighted by molar-refractivity contribution is -0.123. The minimum Gasteiger partial charge on any atom is -0.495 e. The number of hydrogen-bond acceptors (Lipinski definition) is 3. The van der Waals surface area contributed by atoms with Crippen LogP contribution in [0.4, 0.5) is 5.69 Å². The van der Waals surface area contributed by atoms with Crippen LogP contribution in [-0.4, -0.2) is 18.9 Å². The van der Waals surface area contributed by atoms with Gasteiger partial charge in [-0.1, -0.05) is 24.3 Å². The number of carbonyl (C=O) groups is 2. The molecule has 0 unspecified atom stereocenters. The average molecular weight is 295 g/mol. The third-order valence-corrected chi connectivity index (χ3v) is 6.18. The second kappa shape index (κ2) is 3.80. The molecule has 1 aliphatic heterocycles. The number of methoxy groups -OCH3 is 1. The lowest BCUT2D eigenvalue weighted by atomic mass is 9.85. The maximum atomic E-state index is 13.0. The van der Waals surface area contributed by atoms with Gasteiger partial charge in [-0.15, -0.1) is 0 Å². The maximum absolute atomic E-state index is 13.0. The number of benzene rings is 1. The lowest BCUT2D eigenvalue weighted by Crippen LogP contribution is -2.35. The largest absolute Gasteiger partial charge is 0.495 e. The van der Waals surface area contributed by atoms with E-state index >= 15 is 0 Å². The van der Waals surface area contributed by atoms with Gasteiger partial charge < -0.3 is 4.74 Å². The number of nitrogens with zero attached hydrogens (tertiary/aromatic N) is 1. The molecule has 4 nitrogen and oxygen atoms in total. The Balaban J connectivity index is 1.59. The predicted octanol–water partition coefficient (Wildman–Crippen LogP) is 2.40. The topological polar surface area (TPSA) is 46.6 Å². The second-order valence-corrected chi connectivity index (χ2v) is 6.90. The van der Waals surface area contributed by atoms with Crippen molar-refractivity contribution in [2.24, 2.45) is 29.1 Å². The van der Waals surface area contributed by atoms with Crippen LogP contribution >= 0.6 is 0 Å². The van der Waals surface area contributed by atoms with Gasteiger partial charge in [0.05, 0.1) is 24.6 Å². The van der Waals surface area contributed by atoms with Gasteiger partial charge in [0.1, 0.15) is 5.75 Å². The van der Waals surface area contributed by atoms with E-state index in [0.717, 1.165) is 12.8 Å². The van der Waals surface area contributed by atoms with Gasteiger partial charge in [0, 0.05) is 0 Å². The summed E-state index contributed by atoms with van der Waals surface area (Å²) in [5.74, 6) is 0.706. The molecule has 112 valence electrons. The molecular formula is C18H17NO3. The number of rotatable bonds is 2. The van der Waals surface area contributed by atoms with Gasteiger partial charge in [-0.05, 0) is 42.2 Å². The fraction of sp³-hybridized carbons (Fsp3) is 0.444. The Labute approximate surface area is 128 Å². The molecule has 4 aliphatic rings. The summed E-state index contributed by atoms with van der Waals surface area (Å²) in [7, 11) is 1.56. The third-order valence-electron chi connectivity index (χ3n) is 6.18. The summed E-state index contributed by atoms with van der Waals surface area (Å²) >= 11 is 0. The quantitative estimate of drug-likeness (QED) is 0.622. The van der Waals surface area contributed by atoms with E-state index in [0.29, 0.717) is 11.4 Å². The van der Waals surface area contributed by atoms with Crippen molar-refractivity contribution in [1.82, 2.24) is 0 Å². The Kier molecular flexibility index (Phi) is 2.15. The number of ether oxygens (including phenoxy) is 1. The van der Waals surface area contributed by atoms with E-state index in [4.69, 9.17) is 4.74 Å². The summed E-state index contributed by atoms with van der Waals surface area (Å²) in [5, 5.41) is 0. The van der Waals surface area contributed by atoms with Gasteiger partial charge in [0.15, 0.2) is 0 Å². The number of anilines is 1. The van der Waals surface area contributed by atoms with E-state index < -0.39 is 0 Å². The number of hydrogen-bond donors (Lipinski definition) is 0. The van der Waals surface area contributed by atoms with Crippen molar-refractivity contribution in [2.75, 3.05) is 12.0 Å². The van der Waals surface area contributed by atoms with E-state index in [9.17, 15) is 9.59 Å². The van der Waals surface area contributed by atoms with E-state index in [-0.39, 0.29) is 40.9 Å². The molecule has 1 saturated heterocycles. The Hall–Kier alpha value is -2.10. The van der Waals surface area contributed by atoms with Gasteiger partial charge in [0.25, 0.3) is 0 Å². The van der Waals surface area contributed by atoms with Gasteiger partial charge >= 0.3 is 0 Å². The minimum atomic E-state index is -0.157. The SMILES string of the molecule is COc1ccccc1N1C(=O)[C@@H]2[C@@H](C1=O)[C@@H]1C=C[C@H]2C12CC2. The Morgan fingerprint density at radius 3 is 2.18 bits per heavy atom. The van der Waals surface area contributed by atoms with Crippen molar-refractivity contribution < 1.29 is 14.3 Å². The molecule has 5 rings (SSSR count). The first-order chi connectivity index (χ1) is 10.7. The molecule has 0 N–H and O–H groups in total. The number of fused-ring (bicyclic) bond motifs is 3. The smallest absolute Gasteiger partial charge is 0.238 e. The molecule has 2 bridgehead atoms. The molecule has 4 atom stereocenters. The summed E-state index contributed by atoms with van der Waals surface area (Å²) < 4.78 is 5.34. The molecule has 2 saturated carbocycles. The van der Waals surface area contributed by atoms with Crippen LogP contribution in [0.1, 0.15) is 12.8 Å². The molecule has 1 heterocycles. The third kappa shape index (κ3) is 1.21. The molecule has 4 heteroatoms. The molecule has 1 aromatic carbocycles. The first-order valence-corrected chi connectivity index (χ1v) is 7.88. The molecule has 0 radical (unpaired) electrons. The zero-order valence-electron chi connectivity index (χ0n) is 12.4. The predicted molar refractivity (Wildman–Crippen MR) is 80.3 cm³/mol. The monoisotopic (exact) mass is 295 g/mol. The zero-order chi connectivity index (χ0) is 15.1. The van der Waals surface area contributed by atoms with Crippen LogP contribution in [0.5, 0.6) is 5.75 Å². The number of amides is 2. The highest BCUT2D eigenvalue weighted by Crippen LogP contribution is 2.73. The highest BCUT2D eigenvalue weighted by Gasteiger charge is 2.73. The van der Waals surface area contributed by atoms with Crippen molar-refractivity contribution in [3.05, 3.63) is 36.4 Å². The lowest BCUT2D eigenvalue weighted by Gasteiger charge is -2.22. The van der Waals surface area contributed by atoms with E-state index in [1.807, 2.05) is 12.1 Å². The summed E-state index contributed by atoms with van der Waals surface area (Å²) in [4.78, 5) is 27.3. The first-order valence-electron chi connectivity index (χ1n) is 7.88. The van der Waals surface area contributed by atoms with Crippen molar-refractivity contribution in [3.8, 4) is 5.75 Å². The fourth-order valence-corrected chi connectivity index (χ4v) is 5.13. The molecule has 3 aliphatic carbocycles. The van der Waals surface area contributed by atoms with Gasteiger partial charge in [-0.2, -0.15) is 0 Å². The van der Waals surface area contributed by atoms with Gasteiger partial charge in [0.2, 0.25) is 11.8 Å². The van der Waals surface area contributed by atoms with E-state index in [1.54, 1.807) is 19.2 Å². The molecule has 3 fully saturated rings. The molecule has 1 aromatic rings. The minimum absolute atomic E-state index is 0.0392. The van der Waals surface area contributed by atoms with Crippen molar-refractivity contribution >= 4 is 17.5 Å². The molecule has 0 aromatic heterocycles. The van der Waals surface area contributed by atoms with Crippen molar-refractivity contribution in [3.63, 3.8) is 0 Å². The van der Waals surface area contributed by atoms with Crippen molar-refractivity contribution in [2.45, 2.75) is 12.8 Å². The first kappa shape index (κ1) is 12.4. The van der Waals surface area contributed by atoms with E-state index in [1.165, 1.54) is 4.90 Å². The number of imide groups is 1. The maximum Gasteiger partial charge on any atom is 0.238 e. The molecule has 2 amide bonds. The normalized spacial score (nSPS) is 36.3. The van der Waals surface area contributed by atoms with Crippen LogP contribution in [0, 0.1) is 29.1 Å². The molecular weight excluding hydrogens is 278 g/mol. The van der Waals surface area contributed by atoms with Crippen LogP contribution in [-0.2, 0) is 9.59 Å². The summed E-state index contributed by atoms with van der Waals surface area (Å²) in [5.41, 5.74) is 0.826. The van der Waals surface area contributed by atoms with Crippen LogP contribution in [0.2, 0.25) is 0 Å². The van der Waals surface area contributed by atoms with Crippen LogP contribution in [0.3, 0.4) is 0 Å². The number of carbonyl (C=O) groups excluding carboxylic acids is 2. The van der Waals surface area contributed by atoms with Gasteiger partial charge in [-0.3, -0.25) is 9.59 Å². The summed E-state index contributed by atoms with van der Waals surface area (Å²) in [6.45, 7) is 0. The standard InChI is InChI=1S/C18H17NO3/c1-22-13-5-3-2-4-12(13)19-16(20)14-10-6-7-11(15(14)17(19)21)18(10)8-9-18/h2-7,10-11,14-15H,8-9H2,1H3/t10-,11+,14-,15-/m0/s1. The summed E-state index contributed by atoms with van der Waals surface area (Å²) in [6, 6.07) is 7.26. The van der Waals surface area contributed by atoms with Crippen molar-refractivity contribution in [1.29, 1.82) is 0 Å². The number of allylic oxidation sites excluding steroid dienone is 2. The van der Waals surface area contributed by atoms with Crippen LogP contribution in [0.15, 0.2) is 36.4 Å². The van der Waals surface area contributed by atoms with Gasteiger partial charge in [-0.25, -0.2) is 4.90 Å². The highest BCUT2D eigenvalue weighted by molar-refractivity contribution is 6.23. The number of para-hydroxylation sites is 2. The highest BCUT2D eigenvalue weighted by atomic mass is 16.5. The molecule has 22 heavy (non-hydrogen) atoms.